The summed E-state index contributed by atoms with van der Waals surface area (Å²) in [5.41, 5.74) is 0.708. The number of aromatic amines is 1. The van der Waals surface area contributed by atoms with Crippen molar-refractivity contribution in [1.82, 2.24) is 10.2 Å². The molecule has 57 heavy (non-hydrogen) atoms. The molecule has 4 fully saturated rings. The first-order valence-corrected chi connectivity index (χ1v) is 19.1. The Hall–Kier alpha value is -4.89. The van der Waals surface area contributed by atoms with Crippen LogP contribution in [0.2, 0.25) is 10.0 Å². The monoisotopic (exact) mass is 829 g/mol. The van der Waals surface area contributed by atoms with Crippen LogP contribution in [-0.2, 0) is 20.7 Å². The lowest BCUT2D eigenvalue weighted by Gasteiger charge is -2.44. The van der Waals surface area contributed by atoms with E-state index in [9.17, 15) is 23.2 Å². The van der Waals surface area contributed by atoms with Crippen molar-refractivity contribution < 1.29 is 57.0 Å². The fourth-order valence-corrected chi connectivity index (χ4v) is 7.57. The van der Waals surface area contributed by atoms with E-state index in [1.165, 1.54) is 73.1 Å². The highest BCUT2D eigenvalue weighted by Crippen LogP contribution is 2.38. The number of carbonyl (C=O) groups is 3. The normalized spacial score (nSPS) is 19.5. The Balaban J connectivity index is 0.00000549. The van der Waals surface area contributed by atoms with Gasteiger partial charge in [-0.15, -0.1) is 0 Å². The molecule has 1 saturated carbocycles. The number of rotatable bonds is 15. The van der Waals surface area contributed by atoms with Crippen molar-refractivity contribution in [1.29, 1.82) is 0 Å². The molecule has 3 aliphatic heterocycles. The Morgan fingerprint density at radius 1 is 0.895 bits per heavy atom. The Bertz CT molecular complexity index is 2060. The molecule has 8 rings (SSSR count). The highest BCUT2D eigenvalue weighted by Gasteiger charge is 2.39. The molecule has 2 bridgehead atoms. The van der Waals surface area contributed by atoms with Gasteiger partial charge in [-0.1, -0.05) is 53.5 Å². The van der Waals surface area contributed by atoms with Crippen LogP contribution < -0.4 is 19.8 Å². The Morgan fingerprint density at radius 3 is 2.28 bits per heavy atom. The van der Waals surface area contributed by atoms with Crippen molar-refractivity contribution in [2.24, 2.45) is 11.8 Å². The highest BCUT2D eigenvalue weighted by atomic mass is 35.5. The second-order valence-corrected chi connectivity index (χ2v) is 15.0. The fraction of sp³-hybridized carbons (Fsp3) is 0.366. The van der Waals surface area contributed by atoms with Crippen LogP contribution in [0.5, 0.6) is 11.5 Å². The molecular formula is C41H40Cl2F3N3O8. The zero-order valence-corrected chi connectivity index (χ0v) is 32.0. The zero-order chi connectivity index (χ0) is 39.3. The predicted molar refractivity (Wildman–Crippen MR) is 200 cm³/mol. The predicted octanol–water partition coefficient (Wildman–Crippen LogP) is 7.41. The van der Waals surface area contributed by atoms with E-state index in [0.717, 1.165) is 38.8 Å². The third kappa shape index (κ3) is 10.4. The number of fused-ring (bicyclic) bond motifs is 3. The second-order valence-electron chi connectivity index (χ2n) is 14.2. The van der Waals surface area contributed by atoms with Gasteiger partial charge in [0.1, 0.15) is 28.1 Å². The lowest BCUT2D eigenvalue weighted by molar-refractivity contribution is -0.377. The number of esters is 2. The molecule has 4 aromatic rings. The van der Waals surface area contributed by atoms with Crippen molar-refractivity contribution in [3.05, 3.63) is 123 Å². The minimum Gasteiger partial charge on any atom is -0.870 e. The number of nitrogens with zero attached hydrogens (tertiary/aromatic N) is 1. The SMILES string of the molecule is O=C(NC(C(=O)O[C@H]1CN2CCC1CC2)c1ccccc1F)c1cccc(C(=O)O[C@@H](Cc2c(Cl)c[nH+]cc2Cl)c2ccc(OC(F)F)c(OCC3CC3)c2)c1.[OH-]. The first kappa shape index (κ1) is 41.7. The number of pyridine rings is 1. The summed E-state index contributed by atoms with van der Waals surface area (Å²) in [4.78, 5) is 46.3. The van der Waals surface area contributed by atoms with E-state index in [-0.39, 0.29) is 62.2 Å². The number of piperidine rings is 3. The average Bonchev–Trinajstić information content (AvgIpc) is 4.03. The van der Waals surface area contributed by atoms with Crippen LogP contribution in [0.15, 0.2) is 79.1 Å². The Labute approximate surface area is 336 Å². The van der Waals surface area contributed by atoms with E-state index < -0.39 is 42.4 Å². The summed E-state index contributed by atoms with van der Waals surface area (Å²) < 4.78 is 64.2. The van der Waals surface area contributed by atoms with Gasteiger partial charge in [0.25, 0.3) is 5.91 Å². The minimum absolute atomic E-state index is 0. The summed E-state index contributed by atoms with van der Waals surface area (Å²) in [6.07, 6.45) is 5.22. The van der Waals surface area contributed by atoms with Crippen LogP contribution in [-0.4, -0.2) is 67.2 Å². The van der Waals surface area contributed by atoms with Crippen molar-refractivity contribution >= 4 is 41.0 Å². The lowest BCUT2D eigenvalue weighted by atomic mass is 9.86. The molecule has 3 atom stereocenters. The molecule has 1 unspecified atom stereocenters. The summed E-state index contributed by atoms with van der Waals surface area (Å²) in [5.74, 6) is -2.75. The number of hydrogen-bond acceptors (Lipinski definition) is 9. The summed E-state index contributed by atoms with van der Waals surface area (Å²) in [6.45, 7) is -0.377. The number of amides is 1. The van der Waals surface area contributed by atoms with Crippen LogP contribution in [0.25, 0.3) is 0 Å². The van der Waals surface area contributed by atoms with E-state index >= 15 is 4.39 Å². The Morgan fingerprint density at radius 2 is 1.61 bits per heavy atom. The van der Waals surface area contributed by atoms with E-state index in [4.69, 9.17) is 42.1 Å². The summed E-state index contributed by atoms with van der Waals surface area (Å²) in [5, 5.41) is 3.14. The summed E-state index contributed by atoms with van der Waals surface area (Å²) >= 11 is 13.0. The molecule has 3 aromatic carbocycles. The van der Waals surface area contributed by atoms with Crippen LogP contribution in [0.4, 0.5) is 13.2 Å². The first-order chi connectivity index (χ1) is 27.0. The molecule has 0 radical (unpaired) electrons. The molecule has 1 aliphatic carbocycles. The molecule has 3 saturated heterocycles. The van der Waals surface area contributed by atoms with Gasteiger partial charge in [-0.3, -0.25) is 9.69 Å². The van der Waals surface area contributed by atoms with Gasteiger partial charge in [-0.25, -0.2) is 19.0 Å². The van der Waals surface area contributed by atoms with E-state index in [2.05, 4.69) is 15.2 Å². The molecule has 1 amide bonds. The second kappa shape index (κ2) is 18.6. The fourth-order valence-electron chi connectivity index (χ4n) is 7.04. The quantitative estimate of drug-likeness (QED) is 0.121. The van der Waals surface area contributed by atoms with E-state index in [0.29, 0.717) is 30.2 Å². The summed E-state index contributed by atoms with van der Waals surface area (Å²) in [7, 11) is 0. The smallest absolute Gasteiger partial charge is 0.387 e. The van der Waals surface area contributed by atoms with E-state index in [1.807, 2.05) is 0 Å². The molecule has 0 spiro atoms. The number of benzene rings is 3. The Kier molecular flexibility index (Phi) is 13.6. The minimum atomic E-state index is -3.10. The molecule has 16 heteroatoms. The van der Waals surface area contributed by atoms with Gasteiger partial charge in [0.15, 0.2) is 29.9 Å². The number of aromatic nitrogens is 1. The van der Waals surface area contributed by atoms with Gasteiger partial charge in [0, 0.05) is 29.7 Å². The molecule has 302 valence electrons. The highest BCUT2D eigenvalue weighted by molar-refractivity contribution is 6.35. The lowest BCUT2D eigenvalue weighted by Crippen LogP contribution is -2.52. The number of alkyl halides is 2. The van der Waals surface area contributed by atoms with Gasteiger partial charge >= 0.3 is 18.6 Å². The van der Waals surface area contributed by atoms with Gasteiger partial charge in [0.2, 0.25) is 0 Å². The summed E-state index contributed by atoms with van der Waals surface area (Å²) in [6, 6.07) is 14.0. The molecule has 11 nitrogen and oxygen atoms in total. The number of nitrogens with one attached hydrogen (secondary N) is 2. The molecular weight excluding hydrogens is 790 g/mol. The first-order valence-electron chi connectivity index (χ1n) is 18.4. The van der Waals surface area contributed by atoms with Crippen molar-refractivity contribution in [2.75, 3.05) is 26.2 Å². The molecule has 4 heterocycles. The largest absolute Gasteiger partial charge is 0.870 e. The topological polar surface area (TPSA) is 148 Å². The number of halogens is 5. The third-order valence-electron chi connectivity index (χ3n) is 10.3. The van der Waals surface area contributed by atoms with Gasteiger partial charge in [-0.2, -0.15) is 8.78 Å². The van der Waals surface area contributed by atoms with Gasteiger partial charge < -0.3 is 29.7 Å². The molecule has 4 aliphatic rings. The van der Waals surface area contributed by atoms with E-state index in [1.54, 1.807) is 6.07 Å². The standard InChI is InChI=1S/C41H38Cl2F3N3O7.H2O/c42-30-19-47-20-31(43)29(30)18-34(25-10-11-33(56-41(45)46)35(17-25)53-22-23-8-9-23)54-39(51)27-5-3-4-26(16-27)38(50)48-37(28-6-1-2-7-32(28)44)40(52)55-36-21-49-14-12-24(36)13-15-49;/h1-7,10-11,16-17,19-20,23-24,34,36-37,41H,8-9,12-15,18,21-22H2,(H,48,50);1H2/t34-,36-,37?;/m0./s1. The number of ether oxygens (including phenoxy) is 4. The number of carbonyl (C=O) groups excluding carboxylic acids is 3. The maximum Gasteiger partial charge on any atom is 0.387 e. The maximum absolute atomic E-state index is 15.1. The zero-order valence-electron chi connectivity index (χ0n) is 30.5. The van der Waals surface area contributed by atoms with Crippen molar-refractivity contribution in [3.63, 3.8) is 0 Å². The van der Waals surface area contributed by atoms with Crippen LogP contribution in [0.1, 0.15) is 75.2 Å². The average molecular weight is 831 g/mol. The molecule has 3 N–H and O–H groups in total. The number of H-pyrrole nitrogens is 1. The van der Waals surface area contributed by atoms with Crippen LogP contribution >= 0.6 is 23.2 Å². The van der Waals surface area contributed by atoms with Crippen molar-refractivity contribution in [2.45, 2.75) is 57.0 Å². The van der Waals surface area contributed by atoms with Crippen LogP contribution in [0.3, 0.4) is 0 Å². The van der Waals surface area contributed by atoms with Gasteiger partial charge in [0.05, 0.1) is 12.2 Å². The maximum atomic E-state index is 15.1. The van der Waals surface area contributed by atoms with Crippen molar-refractivity contribution in [3.8, 4) is 11.5 Å². The van der Waals surface area contributed by atoms with Crippen LogP contribution in [0, 0.1) is 17.7 Å². The molecule has 1 aromatic heterocycles. The third-order valence-corrected chi connectivity index (χ3v) is 11.0. The number of hydrogen-bond donors (Lipinski definition) is 1. The van der Waals surface area contributed by atoms with Gasteiger partial charge in [-0.05, 0) is 92.6 Å².